The zero-order chi connectivity index (χ0) is 17.6. The smallest absolute Gasteiger partial charge is 0.257 e. The Hall–Kier alpha value is -2.61. The van der Waals surface area contributed by atoms with Crippen LogP contribution in [0.15, 0.2) is 28.8 Å². The molecule has 0 aliphatic rings. The van der Waals surface area contributed by atoms with Crippen LogP contribution in [0, 0.1) is 6.92 Å². The van der Waals surface area contributed by atoms with Gasteiger partial charge in [-0.3, -0.25) is 10.1 Å². The highest BCUT2D eigenvalue weighted by atomic mass is 32.1. The molecule has 3 rings (SSSR count). The van der Waals surface area contributed by atoms with E-state index >= 15 is 0 Å². The number of carbonyl (C=O) groups excluding carboxylic acids is 1. The minimum atomic E-state index is -0.218. The molecule has 3 aromatic rings. The fourth-order valence-corrected chi connectivity index (χ4v) is 3.06. The van der Waals surface area contributed by atoms with Crippen LogP contribution in [0.3, 0.4) is 0 Å². The van der Waals surface area contributed by atoms with E-state index in [1.165, 1.54) is 24.2 Å². The van der Waals surface area contributed by atoms with E-state index < -0.39 is 0 Å². The van der Waals surface area contributed by atoms with Gasteiger partial charge in [-0.2, -0.15) is 4.98 Å². The van der Waals surface area contributed by atoms with E-state index in [0.29, 0.717) is 22.4 Å². The van der Waals surface area contributed by atoms with Gasteiger partial charge < -0.3 is 4.52 Å². The largest absolute Gasteiger partial charge is 0.334 e. The van der Waals surface area contributed by atoms with Crippen LogP contribution in [0.1, 0.15) is 47.4 Å². The van der Waals surface area contributed by atoms with Crippen molar-refractivity contribution in [2.24, 2.45) is 0 Å². The highest BCUT2D eigenvalue weighted by Gasteiger charge is 2.12. The molecule has 1 amide bonds. The molecular weight excluding hydrogens is 338 g/mol. The summed E-state index contributed by atoms with van der Waals surface area (Å²) >= 11 is 1.42. The van der Waals surface area contributed by atoms with Crippen molar-refractivity contribution in [1.82, 2.24) is 20.3 Å². The monoisotopic (exact) mass is 357 g/mol. The Kier molecular flexibility index (Phi) is 5.49. The maximum absolute atomic E-state index is 12.3. The SMILES string of the molecule is CCCCCc1nnc(NC(=O)c2ccc(-c3nc(C)no3)cc2)s1. The van der Waals surface area contributed by atoms with Gasteiger partial charge in [0.05, 0.1) is 0 Å². The summed E-state index contributed by atoms with van der Waals surface area (Å²) in [4.78, 5) is 16.5. The maximum Gasteiger partial charge on any atom is 0.257 e. The molecule has 2 heterocycles. The first-order valence-electron chi connectivity index (χ1n) is 8.20. The minimum Gasteiger partial charge on any atom is -0.334 e. The van der Waals surface area contributed by atoms with Crippen molar-refractivity contribution in [3.63, 3.8) is 0 Å². The molecule has 1 aromatic carbocycles. The lowest BCUT2D eigenvalue weighted by atomic mass is 10.1. The van der Waals surface area contributed by atoms with Crippen LogP contribution in [0.2, 0.25) is 0 Å². The predicted octanol–water partition coefficient (Wildman–Crippen LogP) is 3.88. The van der Waals surface area contributed by atoms with Crippen molar-refractivity contribution in [3.05, 3.63) is 40.7 Å². The van der Waals surface area contributed by atoms with Gasteiger partial charge in [-0.1, -0.05) is 36.3 Å². The van der Waals surface area contributed by atoms with Crippen molar-refractivity contribution in [2.45, 2.75) is 39.5 Å². The molecule has 0 bridgehead atoms. The Morgan fingerprint density at radius 1 is 1.20 bits per heavy atom. The number of hydrogen-bond acceptors (Lipinski definition) is 7. The summed E-state index contributed by atoms with van der Waals surface area (Å²) in [5.74, 6) is 0.789. The average molecular weight is 357 g/mol. The molecule has 0 saturated carbocycles. The topological polar surface area (TPSA) is 93.8 Å². The number of benzene rings is 1. The van der Waals surface area contributed by atoms with Crippen molar-refractivity contribution < 1.29 is 9.32 Å². The predicted molar refractivity (Wildman–Crippen MR) is 95.6 cm³/mol. The molecule has 25 heavy (non-hydrogen) atoms. The Labute approximate surface area is 149 Å². The Morgan fingerprint density at radius 3 is 2.68 bits per heavy atom. The maximum atomic E-state index is 12.3. The van der Waals surface area contributed by atoms with Gasteiger partial charge in [0.1, 0.15) is 5.01 Å². The first kappa shape index (κ1) is 17.2. The summed E-state index contributed by atoms with van der Waals surface area (Å²) in [6.07, 6.45) is 4.34. The van der Waals surface area contributed by atoms with Crippen LogP contribution in [0.5, 0.6) is 0 Å². The van der Waals surface area contributed by atoms with E-state index in [1.54, 1.807) is 31.2 Å². The summed E-state index contributed by atoms with van der Waals surface area (Å²) < 4.78 is 5.11. The number of hydrogen-bond donors (Lipinski definition) is 1. The van der Waals surface area contributed by atoms with Gasteiger partial charge in [0.25, 0.3) is 11.8 Å². The van der Waals surface area contributed by atoms with Crippen LogP contribution in [0.25, 0.3) is 11.5 Å². The summed E-state index contributed by atoms with van der Waals surface area (Å²) in [6, 6.07) is 6.98. The minimum absolute atomic E-state index is 0.218. The molecule has 8 heteroatoms. The second-order valence-corrected chi connectivity index (χ2v) is 6.70. The van der Waals surface area contributed by atoms with Crippen molar-refractivity contribution >= 4 is 22.4 Å². The zero-order valence-electron chi connectivity index (χ0n) is 14.2. The Morgan fingerprint density at radius 2 is 2.00 bits per heavy atom. The number of anilines is 1. The average Bonchev–Trinajstić information content (AvgIpc) is 3.24. The van der Waals surface area contributed by atoms with Gasteiger partial charge in [0.2, 0.25) is 5.13 Å². The van der Waals surface area contributed by atoms with Gasteiger partial charge in [-0.15, -0.1) is 10.2 Å². The molecule has 0 aliphatic heterocycles. The molecule has 0 atom stereocenters. The van der Waals surface area contributed by atoms with E-state index in [-0.39, 0.29) is 5.91 Å². The summed E-state index contributed by atoms with van der Waals surface area (Å²) in [5, 5.41) is 16.2. The number of nitrogens with one attached hydrogen (secondary N) is 1. The molecule has 0 saturated heterocycles. The Balaban J connectivity index is 1.61. The highest BCUT2D eigenvalue weighted by Crippen LogP contribution is 2.20. The fourth-order valence-electron chi connectivity index (χ4n) is 2.28. The lowest BCUT2D eigenvalue weighted by molar-refractivity contribution is 0.102. The number of nitrogens with zero attached hydrogens (tertiary/aromatic N) is 4. The molecular formula is C17H19N5O2S. The number of aryl methyl sites for hydroxylation is 2. The summed E-state index contributed by atoms with van der Waals surface area (Å²) in [5.41, 5.74) is 1.30. The van der Waals surface area contributed by atoms with Crippen LogP contribution >= 0.6 is 11.3 Å². The molecule has 0 fully saturated rings. The van der Waals surface area contributed by atoms with E-state index in [4.69, 9.17) is 4.52 Å². The van der Waals surface area contributed by atoms with Crippen LogP contribution < -0.4 is 5.32 Å². The fraction of sp³-hybridized carbons (Fsp3) is 0.353. The first-order chi connectivity index (χ1) is 12.2. The summed E-state index contributed by atoms with van der Waals surface area (Å²) in [7, 11) is 0. The standard InChI is InChI=1S/C17H19N5O2S/c1-3-4-5-6-14-20-21-17(25-14)19-15(23)12-7-9-13(10-8-12)16-18-11(2)22-24-16/h7-10H,3-6H2,1-2H3,(H,19,21,23). The van der Waals surface area contributed by atoms with Gasteiger partial charge in [0, 0.05) is 17.5 Å². The normalized spacial score (nSPS) is 10.8. The van der Waals surface area contributed by atoms with Gasteiger partial charge >= 0.3 is 0 Å². The summed E-state index contributed by atoms with van der Waals surface area (Å²) in [6.45, 7) is 3.92. The molecule has 0 unspecified atom stereocenters. The van der Waals surface area contributed by atoms with Crippen LogP contribution in [-0.4, -0.2) is 26.2 Å². The molecule has 0 radical (unpaired) electrons. The number of unbranched alkanes of at least 4 members (excludes halogenated alkanes) is 2. The zero-order valence-corrected chi connectivity index (χ0v) is 15.0. The third kappa shape index (κ3) is 4.48. The first-order valence-corrected chi connectivity index (χ1v) is 9.02. The number of carbonyl (C=O) groups is 1. The Bertz CT molecular complexity index is 841. The quantitative estimate of drug-likeness (QED) is 0.645. The van der Waals surface area contributed by atoms with Crippen molar-refractivity contribution in [3.8, 4) is 11.5 Å². The third-order valence-corrected chi connectivity index (χ3v) is 4.50. The molecule has 0 aliphatic carbocycles. The van der Waals surface area contributed by atoms with Crippen molar-refractivity contribution in [1.29, 1.82) is 0 Å². The van der Waals surface area contributed by atoms with Gasteiger partial charge in [-0.05, 0) is 37.6 Å². The molecule has 2 aromatic heterocycles. The number of rotatable bonds is 7. The molecule has 7 nitrogen and oxygen atoms in total. The molecule has 0 spiro atoms. The van der Waals surface area contributed by atoms with Crippen LogP contribution in [0.4, 0.5) is 5.13 Å². The van der Waals surface area contributed by atoms with Gasteiger partial charge in [-0.25, -0.2) is 0 Å². The number of aromatic nitrogens is 4. The highest BCUT2D eigenvalue weighted by molar-refractivity contribution is 7.15. The second-order valence-electron chi connectivity index (χ2n) is 5.64. The molecule has 130 valence electrons. The lowest BCUT2D eigenvalue weighted by Gasteiger charge is -2.01. The van der Waals surface area contributed by atoms with E-state index in [1.807, 2.05) is 0 Å². The third-order valence-electron chi connectivity index (χ3n) is 3.60. The van der Waals surface area contributed by atoms with E-state index in [9.17, 15) is 4.79 Å². The van der Waals surface area contributed by atoms with E-state index in [0.717, 1.165) is 23.4 Å². The number of amides is 1. The van der Waals surface area contributed by atoms with Crippen LogP contribution in [-0.2, 0) is 6.42 Å². The second kappa shape index (κ2) is 7.98. The molecule has 1 N–H and O–H groups in total. The van der Waals surface area contributed by atoms with E-state index in [2.05, 4.69) is 32.6 Å². The van der Waals surface area contributed by atoms with Gasteiger partial charge in [0.15, 0.2) is 5.82 Å². The lowest BCUT2D eigenvalue weighted by Crippen LogP contribution is -2.11. The van der Waals surface area contributed by atoms with Crippen molar-refractivity contribution in [2.75, 3.05) is 5.32 Å².